The van der Waals surface area contributed by atoms with Gasteiger partial charge in [0.1, 0.15) is 0 Å². The van der Waals surface area contributed by atoms with Gasteiger partial charge in [-0.15, -0.1) is 11.3 Å². The monoisotopic (exact) mass is 315 g/mol. The molecule has 0 radical (unpaired) electrons. The van der Waals surface area contributed by atoms with Crippen LogP contribution in [0.25, 0.3) is 0 Å². The largest absolute Gasteiger partial charge is 0.338 e. The average molecular weight is 316 g/mol. The van der Waals surface area contributed by atoms with Crippen LogP contribution in [0.5, 0.6) is 0 Å². The maximum atomic E-state index is 12.4. The summed E-state index contributed by atoms with van der Waals surface area (Å²) in [6.45, 7) is 6.05. The predicted molar refractivity (Wildman–Crippen MR) is 76.1 cm³/mol. The predicted octanol–water partition coefficient (Wildman–Crippen LogP) is 3.56. The minimum absolute atomic E-state index is 0.225. The van der Waals surface area contributed by atoms with E-state index in [9.17, 15) is 4.79 Å². The van der Waals surface area contributed by atoms with E-state index < -0.39 is 0 Å². The average Bonchev–Trinajstić information content (AvgIpc) is 2.80. The van der Waals surface area contributed by atoms with E-state index in [-0.39, 0.29) is 5.91 Å². The normalized spacial score (nSPS) is 25.0. The highest BCUT2D eigenvalue weighted by Crippen LogP contribution is 2.26. The van der Waals surface area contributed by atoms with Gasteiger partial charge in [0.15, 0.2) is 0 Å². The maximum absolute atomic E-state index is 12.4. The van der Waals surface area contributed by atoms with Gasteiger partial charge in [-0.3, -0.25) is 4.79 Å². The van der Waals surface area contributed by atoms with Crippen molar-refractivity contribution in [3.05, 3.63) is 21.9 Å². The minimum Gasteiger partial charge on any atom is -0.338 e. The van der Waals surface area contributed by atoms with Crippen LogP contribution >= 0.6 is 27.3 Å². The number of piperidine rings is 1. The fraction of sp³-hybridized carbons (Fsp3) is 0.615. The van der Waals surface area contributed by atoms with Gasteiger partial charge in [-0.25, -0.2) is 0 Å². The topological polar surface area (TPSA) is 20.3 Å². The molecule has 2 unspecified atom stereocenters. The number of rotatable bonds is 2. The van der Waals surface area contributed by atoms with Crippen LogP contribution in [0.15, 0.2) is 11.4 Å². The lowest BCUT2D eigenvalue weighted by Crippen LogP contribution is -2.43. The van der Waals surface area contributed by atoms with E-state index in [4.69, 9.17) is 0 Å². The van der Waals surface area contributed by atoms with E-state index in [2.05, 4.69) is 35.8 Å². The van der Waals surface area contributed by atoms with Crippen LogP contribution < -0.4 is 0 Å². The minimum atomic E-state index is 0.225. The smallest absolute Gasteiger partial charge is 0.264 e. The first-order valence-corrected chi connectivity index (χ1v) is 7.92. The first-order valence-electron chi connectivity index (χ1n) is 6.13. The van der Waals surface area contributed by atoms with Crippen LogP contribution in [0.4, 0.5) is 0 Å². The highest BCUT2D eigenvalue weighted by Gasteiger charge is 2.28. The van der Waals surface area contributed by atoms with E-state index in [0.29, 0.717) is 10.7 Å². The van der Waals surface area contributed by atoms with Crippen LogP contribution in [-0.4, -0.2) is 28.7 Å². The number of hydrogen-bond acceptors (Lipinski definition) is 2. The van der Waals surface area contributed by atoms with Crippen molar-refractivity contribution >= 4 is 33.2 Å². The summed E-state index contributed by atoms with van der Waals surface area (Å²) < 4.78 is 0. The molecule has 0 spiro atoms. The van der Waals surface area contributed by atoms with Gasteiger partial charge in [0.05, 0.1) is 4.88 Å². The molecule has 1 fully saturated rings. The maximum Gasteiger partial charge on any atom is 0.264 e. The number of halogens is 1. The first-order chi connectivity index (χ1) is 8.13. The molecule has 0 aromatic carbocycles. The molecule has 1 aromatic rings. The van der Waals surface area contributed by atoms with Crippen LogP contribution in [0.2, 0.25) is 0 Å². The summed E-state index contributed by atoms with van der Waals surface area (Å²) in [5.74, 6) is 0.765. The number of aryl methyl sites for hydroxylation is 1. The van der Waals surface area contributed by atoms with Gasteiger partial charge in [-0.05, 0) is 35.8 Å². The number of thiophene rings is 1. The van der Waals surface area contributed by atoms with Crippen molar-refractivity contribution in [3.63, 3.8) is 0 Å². The number of carbonyl (C=O) groups excluding carboxylic acids is 1. The lowest BCUT2D eigenvalue weighted by Gasteiger charge is -2.34. The molecule has 2 atom stereocenters. The van der Waals surface area contributed by atoms with Crippen LogP contribution in [0, 0.1) is 5.92 Å². The molecule has 1 aliphatic rings. The van der Waals surface area contributed by atoms with Crippen molar-refractivity contribution in [2.45, 2.75) is 31.5 Å². The molecule has 0 saturated carbocycles. The number of carbonyl (C=O) groups is 1. The highest BCUT2D eigenvalue weighted by atomic mass is 79.9. The Kier molecular flexibility index (Phi) is 4.26. The Morgan fingerprint density at radius 2 is 2.41 bits per heavy atom. The number of amides is 1. The van der Waals surface area contributed by atoms with Gasteiger partial charge in [0, 0.05) is 17.9 Å². The molecule has 1 saturated heterocycles. The molecule has 0 bridgehead atoms. The number of alkyl halides is 1. The van der Waals surface area contributed by atoms with Gasteiger partial charge in [0.25, 0.3) is 5.91 Å². The lowest BCUT2D eigenvalue weighted by molar-refractivity contribution is 0.0694. The van der Waals surface area contributed by atoms with Crippen LogP contribution in [-0.2, 0) is 6.42 Å². The third-order valence-corrected chi connectivity index (χ3v) is 5.71. The Labute approximate surface area is 115 Å². The second-order valence-corrected chi connectivity index (χ2v) is 6.75. The highest BCUT2D eigenvalue weighted by molar-refractivity contribution is 9.09. The van der Waals surface area contributed by atoms with Gasteiger partial charge in [-0.1, -0.05) is 29.8 Å². The molecular formula is C13H18BrNOS. The Balaban J connectivity index is 2.10. The molecule has 2 nitrogen and oxygen atoms in total. The Bertz CT molecular complexity index is 404. The molecule has 0 aliphatic carbocycles. The molecule has 1 aromatic heterocycles. The summed E-state index contributed by atoms with van der Waals surface area (Å²) in [7, 11) is 0. The van der Waals surface area contributed by atoms with E-state index >= 15 is 0 Å². The van der Waals surface area contributed by atoms with E-state index in [1.54, 1.807) is 11.3 Å². The van der Waals surface area contributed by atoms with Crippen molar-refractivity contribution in [2.24, 2.45) is 5.92 Å². The molecule has 1 amide bonds. The Morgan fingerprint density at radius 1 is 1.65 bits per heavy atom. The summed E-state index contributed by atoms with van der Waals surface area (Å²) in [5.41, 5.74) is 1.19. The summed E-state index contributed by atoms with van der Waals surface area (Å²) in [6.07, 6.45) is 1.99. The molecule has 2 rings (SSSR count). The van der Waals surface area contributed by atoms with Gasteiger partial charge < -0.3 is 4.90 Å². The third kappa shape index (κ3) is 2.74. The fourth-order valence-corrected chi connectivity index (χ4v) is 3.58. The molecule has 2 heterocycles. The van der Waals surface area contributed by atoms with Crippen molar-refractivity contribution in [3.8, 4) is 0 Å². The molecule has 1 aliphatic heterocycles. The summed E-state index contributed by atoms with van der Waals surface area (Å²) in [6, 6.07) is 2.07. The molecule has 17 heavy (non-hydrogen) atoms. The molecule has 94 valence electrons. The zero-order valence-corrected chi connectivity index (χ0v) is 12.7. The van der Waals surface area contributed by atoms with Crippen LogP contribution in [0.3, 0.4) is 0 Å². The second-order valence-electron chi connectivity index (χ2n) is 4.66. The Hall–Kier alpha value is -0.350. The quantitative estimate of drug-likeness (QED) is 0.764. The van der Waals surface area contributed by atoms with Gasteiger partial charge in [-0.2, -0.15) is 0 Å². The van der Waals surface area contributed by atoms with E-state index in [0.717, 1.165) is 30.8 Å². The Morgan fingerprint density at radius 3 is 3.06 bits per heavy atom. The zero-order valence-electron chi connectivity index (χ0n) is 10.3. The van der Waals surface area contributed by atoms with Crippen molar-refractivity contribution in [2.75, 3.05) is 13.1 Å². The fourth-order valence-electron chi connectivity index (χ4n) is 2.25. The number of likely N-dealkylation sites (tertiary alicyclic amines) is 1. The van der Waals surface area contributed by atoms with Crippen molar-refractivity contribution < 1.29 is 4.79 Å². The van der Waals surface area contributed by atoms with Crippen LogP contribution in [0.1, 0.15) is 35.5 Å². The molecular weight excluding hydrogens is 298 g/mol. The lowest BCUT2D eigenvalue weighted by atomic mass is 9.99. The number of hydrogen-bond donors (Lipinski definition) is 0. The van der Waals surface area contributed by atoms with Gasteiger partial charge in [0.2, 0.25) is 0 Å². The summed E-state index contributed by atoms with van der Waals surface area (Å²) >= 11 is 5.25. The van der Waals surface area contributed by atoms with Crippen molar-refractivity contribution in [1.82, 2.24) is 4.90 Å². The number of nitrogens with zero attached hydrogens (tertiary/aromatic N) is 1. The first kappa shape index (κ1) is 13.1. The summed E-state index contributed by atoms with van der Waals surface area (Å²) in [5, 5.41) is 2.02. The standard InChI is InChI=1S/C13H18BrNOS/c1-3-10-5-7-17-12(10)13(16)15-6-4-11(14)9(2)8-15/h5,7,9,11H,3-4,6,8H2,1-2H3. The second kappa shape index (κ2) is 5.53. The van der Waals surface area contributed by atoms with E-state index in [1.807, 2.05) is 10.3 Å². The summed E-state index contributed by atoms with van der Waals surface area (Å²) in [4.78, 5) is 15.9. The molecule has 4 heteroatoms. The molecule has 0 N–H and O–H groups in total. The third-order valence-electron chi connectivity index (χ3n) is 3.41. The SMILES string of the molecule is CCc1ccsc1C(=O)N1CCC(Br)C(C)C1. The van der Waals surface area contributed by atoms with E-state index in [1.165, 1.54) is 5.56 Å². The van der Waals surface area contributed by atoms with Crippen molar-refractivity contribution in [1.29, 1.82) is 0 Å². The zero-order chi connectivity index (χ0) is 12.4. The van der Waals surface area contributed by atoms with Gasteiger partial charge >= 0.3 is 0 Å².